The number of nitrogens with one attached hydrogen (secondary N) is 1. The summed E-state index contributed by atoms with van der Waals surface area (Å²) in [6.45, 7) is 1.84. The lowest BCUT2D eigenvalue weighted by Gasteiger charge is -2.24. The van der Waals surface area contributed by atoms with Crippen LogP contribution in [0.1, 0.15) is 23.6 Å². The Bertz CT molecular complexity index is 1330. The average Bonchev–Trinajstić information content (AvgIpc) is 3.60. The van der Waals surface area contributed by atoms with E-state index in [-0.39, 0.29) is 18.0 Å². The van der Waals surface area contributed by atoms with Crippen molar-refractivity contribution in [3.05, 3.63) is 78.1 Å². The van der Waals surface area contributed by atoms with E-state index in [2.05, 4.69) is 43.9 Å². The molecule has 0 unspecified atom stereocenters. The Hall–Kier alpha value is -3.98. The molecule has 1 aliphatic heterocycles. The first-order valence-electron chi connectivity index (χ1n) is 12.1. The van der Waals surface area contributed by atoms with Gasteiger partial charge in [0.25, 0.3) is 0 Å². The first-order valence-corrected chi connectivity index (χ1v) is 12.1. The van der Waals surface area contributed by atoms with Crippen LogP contribution in [0.15, 0.2) is 67.0 Å². The summed E-state index contributed by atoms with van der Waals surface area (Å²) in [7, 11) is 3.35. The molecule has 1 amide bonds. The zero-order valence-electron chi connectivity index (χ0n) is 20.5. The van der Waals surface area contributed by atoms with E-state index in [1.54, 1.807) is 25.2 Å². The van der Waals surface area contributed by atoms with Crippen LogP contribution in [-0.4, -0.2) is 64.4 Å². The van der Waals surface area contributed by atoms with Crippen LogP contribution >= 0.6 is 0 Å². The number of methoxy groups -OCH3 is 2. The molecule has 0 radical (unpaired) electrons. The number of ether oxygens (including phenoxy) is 2. The maximum atomic E-state index is 13.4. The van der Waals surface area contributed by atoms with Crippen LogP contribution in [-0.2, 0) is 17.8 Å². The number of carbonyl (C=O) groups excluding carboxylic acids is 1. The lowest BCUT2D eigenvalue weighted by molar-refractivity contribution is -0.125. The molecule has 1 saturated heterocycles. The number of tetrazole rings is 1. The van der Waals surface area contributed by atoms with Gasteiger partial charge in [-0.05, 0) is 51.9 Å². The Morgan fingerprint density at radius 1 is 0.972 bits per heavy atom. The lowest BCUT2D eigenvalue weighted by Crippen LogP contribution is -2.43. The van der Waals surface area contributed by atoms with Crippen LogP contribution in [0.2, 0.25) is 0 Å². The number of benzene rings is 3. The molecule has 1 fully saturated rings. The molecule has 9 heteroatoms. The Labute approximate surface area is 210 Å². The molecule has 2 atom stereocenters. The number of hydrogen-bond donors (Lipinski definition) is 1. The van der Waals surface area contributed by atoms with E-state index >= 15 is 0 Å². The van der Waals surface area contributed by atoms with E-state index in [1.165, 1.54) is 0 Å². The third-order valence-electron chi connectivity index (χ3n) is 6.88. The van der Waals surface area contributed by atoms with Crippen LogP contribution < -0.4 is 14.8 Å². The molecule has 0 saturated carbocycles. The number of fused-ring (bicyclic) bond motifs is 1. The van der Waals surface area contributed by atoms with E-state index in [9.17, 15) is 4.79 Å². The number of para-hydroxylation sites is 1. The maximum absolute atomic E-state index is 13.4. The van der Waals surface area contributed by atoms with Crippen molar-refractivity contribution < 1.29 is 14.3 Å². The van der Waals surface area contributed by atoms with Crippen LogP contribution in [0.25, 0.3) is 10.8 Å². The standard InChI is InChI=1S/C27H30N6O3/c1-35-25-10-6-3-7-19(25)13-14-28-27(34)24-15-21(33-18-29-30-31-33)17-32(24)16-20-11-12-26(36-2)23-9-5-4-8-22(20)23/h3-12,18,21,24H,13-17H2,1-2H3,(H,28,34)/t21-,24-/m0/s1. The average molecular weight is 487 g/mol. The molecule has 2 heterocycles. The molecular weight excluding hydrogens is 456 g/mol. The predicted octanol–water partition coefficient (Wildman–Crippen LogP) is 3.02. The van der Waals surface area contributed by atoms with Crippen LogP contribution in [0.3, 0.4) is 0 Å². The number of hydrogen-bond acceptors (Lipinski definition) is 7. The van der Waals surface area contributed by atoms with Gasteiger partial charge >= 0.3 is 0 Å². The van der Waals surface area contributed by atoms with Crippen LogP contribution in [0.5, 0.6) is 11.5 Å². The lowest BCUT2D eigenvalue weighted by atomic mass is 10.0. The molecule has 0 spiro atoms. The second kappa shape index (κ2) is 10.7. The Kier molecular flexibility index (Phi) is 7.08. The molecule has 4 aromatic rings. The van der Waals surface area contributed by atoms with Crippen LogP contribution in [0, 0.1) is 0 Å². The molecular formula is C27H30N6O3. The quantitative estimate of drug-likeness (QED) is 0.389. The zero-order chi connectivity index (χ0) is 24.9. The fraction of sp³-hybridized carbons (Fsp3) is 0.333. The summed E-state index contributed by atoms with van der Waals surface area (Å²) in [6, 6.07) is 19.9. The monoisotopic (exact) mass is 486 g/mol. The Morgan fingerprint density at radius 2 is 1.75 bits per heavy atom. The van der Waals surface area contributed by atoms with Gasteiger partial charge in [0, 0.05) is 25.0 Å². The Balaban J connectivity index is 1.34. The number of rotatable bonds is 9. The summed E-state index contributed by atoms with van der Waals surface area (Å²) >= 11 is 0. The van der Waals surface area contributed by atoms with Gasteiger partial charge in [0.1, 0.15) is 17.8 Å². The first-order chi connectivity index (χ1) is 17.7. The Morgan fingerprint density at radius 3 is 2.53 bits per heavy atom. The first kappa shape index (κ1) is 23.7. The van der Waals surface area contributed by atoms with Gasteiger partial charge < -0.3 is 14.8 Å². The molecule has 0 bridgehead atoms. The van der Waals surface area contributed by atoms with E-state index < -0.39 is 0 Å². The van der Waals surface area contributed by atoms with Gasteiger partial charge in [-0.15, -0.1) is 5.10 Å². The third-order valence-corrected chi connectivity index (χ3v) is 6.88. The topological polar surface area (TPSA) is 94.4 Å². The molecule has 186 valence electrons. The van der Waals surface area contributed by atoms with Crippen molar-refractivity contribution in [2.75, 3.05) is 27.3 Å². The predicted molar refractivity (Wildman–Crippen MR) is 136 cm³/mol. The summed E-state index contributed by atoms with van der Waals surface area (Å²) in [5.41, 5.74) is 2.22. The van der Waals surface area contributed by atoms with Crippen LogP contribution in [0.4, 0.5) is 0 Å². The number of nitrogens with zero attached hydrogens (tertiary/aromatic N) is 5. The normalized spacial score (nSPS) is 17.8. The molecule has 5 rings (SSSR count). The van der Waals surface area contributed by atoms with Crippen molar-refractivity contribution in [3.8, 4) is 11.5 Å². The molecule has 1 N–H and O–H groups in total. The molecule has 3 aromatic carbocycles. The largest absolute Gasteiger partial charge is 0.496 e. The van der Waals surface area contributed by atoms with Gasteiger partial charge in [-0.2, -0.15) is 0 Å². The fourth-order valence-electron chi connectivity index (χ4n) is 5.07. The molecule has 1 aromatic heterocycles. The van der Waals surface area contributed by atoms with Gasteiger partial charge in [0.15, 0.2) is 0 Å². The number of amides is 1. The van der Waals surface area contributed by atoms with Gasteiger partial charge in [-0.1, -0.05) is 48.5 Å². The second-order valence-electron chi connectivity index (χ2n) is 8.95. The third kappa shape index (κ3) is 4.87. The highest BCUT2D eigenvalue weighted by Gasteiger charge is 2.38. The number of carbonyl (C=O) groups is 1. The van der Waals surface area contributed by atoms with E-state index in [1.807, 2.05) is 42.5 Å². The highest BCUT2D eigenvalue weighted by molar-refractivity contribution is 5.91. The second-order valence-corrected chi connectivity index (χ2v) is 8.95. The van der Waals surface area contributed by atoms with E-state index in [0.717, 1.165) is 33.4 Å². The zero-order valence-corrected chi connectivity index (χ0v) is 20.5. The van der Waals surface area contributed by atoms with Gasteiger partial charge in [0.05, 0.1) is 26.3 Å². The minimum atomic E-state index is -0.294. The number of likely N-dealkylation sites (tertiary alicyclic amines) is 1. The van der Waals surface area contributed by atoms with E-state index in [0.29, 0.717) is 32.5 Å². The van der Waals surface area contributed by atoms with Crippen molar-refractivity contribution in [2.45, 2.75) is 31.5 Å². The van der Waals surface area contributed by atoms with Gasteiger partial charge in [0.2, 0.25) is 5.91 Å². The maximum Gasteiger partial charge on any atom is 0.237 e. The minimum Gasteiger partial charge on any atom is -0.496 e. The van der Waals surface area contributed by atoms with Crippen molar-refractivity contribution in [3.63, 3.8) is 0 Å². The molecule has 36 heavy (non-hydrogen) atoms. The van der Waals surface area contributed by atoms with Gasteiger partial charge in [-0.3, -0.25) is 9.69 Å². The summed E-state index contributed by atoms with van der Waals surface area (Å²) in [6.07, 6.45) is 2.95. The molecule has 0 aliphatic carbocycles. The van der Waals surface area contributed by atoms with Crippen molar-refractivity contribution in [1.29, 1.82) is 0 Å². The summed E-state index contributed by atoms with van der Waals surface area (Å²) in [5.74, 6) is 1.69. The highest BCUT2D eigenvalue weighted by Crippen LogP contribution is 2.33. The SMILES string of the molecule is COc1ccccc1CCNC(=O)[C@@H]1C[C@H](n2cnnn2)CN1Cc1ccc(OC)c2ccccc12. The summed E-state index contributed by atoms with van der Waals surface area (Å²) < 4.78 is 12.8. The summed E-state index contributed by atoms with van der Waals surface area (Å²) in [4.78, 5) is 15.6. The highest BCUT2D eigenvalue weighted by atomic mass is 16.5. The summed E-state index contributed by atoms with van der Waals surface area (Å²) in [5, 5.41) is 17.0. The van der Waals surface area contributed by atoms with Crippen molar-refractivity contribution in [2.24, 2.45) is 0 Å². The van der Waals surface area contributed by atoms with Gasteiger partial charge in [-0.25, -0.2) is 4.68 Å². The van der Waals surface area contributed by atoms with E-state index in [4.69, 9.17) is 9.47 Å². The smallest absolute Gasteiger partial charge is 0.237 e. The minimum absolute atomic E-state index is 0.0123. The number of aromatic nitrogens is 4. The van der Waals surface area contributed by atoms with Crippen molar-refractivity contribution in [1.82, 2.24) is 30.4 Å². The molecule has 9 nitrogen and oxygen atoms in total. The fourth-order valence-corrected chi connectivity index (χ4v) is 5.07. The molecule has 1 aliphatic rings. The van der Waals surface area contributed by atoms with Crippen molar-refractivity contribution >= 4 is 16.7 Å².